The van der Waals surface area contributed by atoms with Gasteiger partial charge in [-0.25, -0.2) is 33.2 Å². The minimum Gasteiger partial charge on any atom is -0.382 e. The van der Waals surface area contributed by atoms with Crippen molar-refractivity contribution in [1.29, 1.82) is 0 Å². The second-order valence-corrected chi connectivity index (χ2v) is 12.4. The SMILES string of the molecule is [N-]=[N+]=NC1[C@@H](OP(=O)(O)O)[C@H](n2cnc3c(N)ncnc32)O[C@@H]1COP(=O)(O)OP(=O)(O)OP(=O)(O)O. The van der Waals surface area contributed by atoms with E-state index in [1.807, 2.05) is 0 Å². The standard InChI is InChI=1S/C10H16N8O15P4/c11-8-6-9(14-2-13-8)18(3-15-6)10-7(31-34(19,20)21)5(16-17-12)4(30-10)1-29-36(25,26)33-37(27,28)32-35(22,23)24/h2-5,7,10H,1H2,(H,25,26)(H,27,28)(H2,11,13,14)(H2,19,20,21)(H2,22,23,24)/t4-,5?,7-,10-/m1/s1. The number of hydrogen-bond donors (Lipinski definition) is 7. The number of anilines is 1. The summed E-state index contributed by atoms with van der Waals surface area (Å²) in [5.41, 5.74) is 14.7. The fourth-order valence-corrected chi connectivity index (χ4v) is 6.65. The highest BCUT2D eigenvalue weighted by Crippen LogP contribution is 2.66. The topological polar surface area (TPSA) is 354 Å². The maximum Gasteiger partial charge on any atom is 0.490 e. The van der Waals surface area contributed by atoms with Crippen molar-refractivity contribution < 1.29 is 70.0 Å². The lowest BCUT2D eigenvalue weighted by molar-refractivity contribution is -0.0473. The molecule has 0 amide bonds. The molecular weight excluding hydrogens is 596 g/mol. The first-order chi connectivity index (χ1) is 16.9. The van der Waals surface area contributed by atoms with Gasteiger partial charge in [0.15, 0.2) is 17.7 Å². The molecule has 27 heteroatoms. The summed E-state index contributed by atoms with van der Waals surface area (Å²) in [4.78, 5) is 68.9. The number of nitrogen functional groups attached to an aromatic ring is 1. The summed E-state index contributed by atoms with van der Waals surface area (Å²) in [5, 5.41) is 3.32. The average Bonchev–Trinajstić information content (AvgIpc) is 3.26. The molecule has 2 aromatic heterocycles. The van der Waals surface area contributed by atoms with E-state index in [4.69, 9.17) is 30.3 Å². The van der Waals surface area contributed by atoms with Crippen LogP contribution in [0, 0.1) is 0 Å². The summed E-state index contributed by atoms with van der Waals surface area (Å²) in [6.45, 7) is -1.13. The van der Waals surface area contributed by atoms with Crippen LogP contribution < -0.4 is 5.73 Å². The van der Waals surface area contributed by atoms with Gasteiger partial charge in [0.2, 0.25) is 0 Å². The van der Waals surface area contributed by atoms with E-state index in [2.05, 4.69) is 38.1 Å². The third-order valence-electron chi connectivity index (χ3n) is 4.24. The van der Waals surface area contributed by atoms with Crippen molar-refractivity contribution in [1.82, 2.24) is 19.5 Å². The summed E-state index contributed by atoms with van der Waals surface area (Å²) < 4.78 is 68.9. The van der Waals surface area contributed by atoms with Gasteiger partial charge in [0, 0.05) is 4.91 Å². The molecule has 206 valence electrons. The van der Waals surface area contributed by atoms with E-state index >= 15 is 0 Å². The molecule has 0 saturated carbocycles. The van der Waals surface area contributed by atoms with Crippen LogP contribution in [-0.2, 0) is 40.7 Å². The molecule has 1 fully saturated rings. The van der Waals surface area contributed by atoms with Crippen molar-refractivity contribution in [2.45, 2.75) is 24.5 Å². The van der Waals surface area contributed by atoms with Crippen LogP contribution in [0.15, 0.2) is 17.8 Å². The molecule has 0 aromatic carbocycles. The second-order valence-electron chi connectivity index (χ2n) is 6.79. The van der Waals surface area contributed by atoms with Crippen LogP contribution in [-0.4, -0.2) is 73.7 Å². The Morgan fingerprint density at radius 1 is 1.05 bits per heavy atom. The smallest absolute Gasteiger partial charge is 0.382 e. The number of rotatable bonds is 11. The van der Waals surface area contributed by atoms with Crippen LogP contribution in [0.3, 0.4) is 0 Å². The van der Waals surface area contributed by atoms with Crippen molar-refractivity contribution in [2.75, 3.05) is 12.3 Å². The third kappa shape index (κ3) is 7.82. The predicted octanol–water partition coefficient (Wildman–Crippen LogP) is -0.194. The lowest BCUT2D eigenvalue weighted by Gasteiger charge is -2.22. The number of ether oxygens (including phenoxy) is 1. The van der Waals surface area contributed by atoms with E-state index in [-0.39, 0.29) is 17.0 Å². The quantitative estimate of drug-likeness (QED) is 0.0747. The van der Waals surface area contributed by atoms with Crippen molar-refractivity contribution in [3.05, 3.63) is 23.1 Å². The van der Waals surface area contributed by atoms with Gasteiger partial charge in [0.1, 0.15) is 17.9 Å². The lowest BCUT2D eigenvalue weighted by atomic mass is 10.1. The van der Waals surface area contributed by atoms with Crippen molar-refractivity contribution in [3.8, 4) is 0 Å². The first kappa shape index (κ1) is 29.7. The molecule has 3 rings (SSSR count). The fourth-order valence-electron chi connectivity index (χ4n) is 3.08. The van der Waals surface area contributed by atoms with Gasteiger partial charge in [-0.2, -0.15) is 8.62 Å². The van der Waals surface area contributed by atoms with Crippen LogP contribution >= 0.6 is 31.3 Å². The van der Waals surface area contributed by atoms with Gasteiger partial charge in [-0.15, -0.1) is 0 Å². The van der Waals surface area contributed by atoms with E-state index in [1.165, 1.54) is 0 Å². The number of hydrogen-bond acceptors (Lipinski definition) is 14. The largest absolute Gasteiger partial charge is 0.490 e. The normalized spacial score (nSPS) is 25.9. The number of phosphoric acid groups is 4. The maximum atomic E-state index is 12.1. The van der Waals surface area contributed by atoms with E-state index < -0.39 is 62.4 Å². The molecule has 1 saturated heterocycles. The number of nitrogens with zero attached hydrogens (tertiary/aromatic N) is 7. The molecule has 37 heavy (non-hydrogen) atoms. The fraction of sp³-hybridized carbons (Fsp3) is 0.500. The Morgan fingerprint density at radius 3 is 2.32 bits per heavy atom. The molecule has 1 aliphatic rings. The zero-order valence-corrected chi connectivity index (χ0v) is 21.1. The van der Waals surface area contributed by atoms with E-state index in [1.54, 1.807) is 0 Å². The Bertz CT molecular complexity index is 1400. The molecule has 23 nitrogen and oxygen atoms in total. The van der Waals surface area contributed by atoms with Crippen molar-refractivity contribution >= 4 is 48.3 Å². The molecule has 6 atom stereocenters. The van der Waals surface area contributed by atoms with Gasteiger partial charge < -0.3 is 39.8 Å². The Hall–Kier alpha value is -1.86. The zero-order valence-electron chi connectivity index (χ0n) is 17.5. The molecular formula is C10H16N8O15P4. The van der Waals surface area contributed by atoms with Crippen LogP contribution in [0.2, 0.25) is 0 Å². The number of imidazole rings is 1. The van der Waals surface area contributed by atoms with Crippen LogP contribution in [0.1, 0.15) is 6.23 Å². The summed E-state index contributed by atoms with van der Waals surface area (Å²) in [7, 11) is -22.4. The van der Waals surface area contributed by atoms with Crippen LogP contribution in [0.4, 0.5) is 5.82 Å². The highest BCUT2D eigenvalue weighted by molar-refractivity contribution is 7.66. The molecule has 3 unspecified atom stereocenters. The zero-order chi connectivity index (χ0) is 27.8. The van der Waals surface area contributed by atoms with Crippen LogP contribution in [0.5, 0.6) is 0 Å². The molecule has 1 aliphatic heterocycles. The Kier molecular flexibility index (Phi) is 8.60. The number of aromatic nitrogens is 4. The minimum absolute atomic E-state index is 0.0231. The van der Waals surface area contributed by atoms with Gasteiger partial charge in [-0.3, -0.25) is 13.6 Å². The highest BCUT2D eigenvalue weighted by atomic mass is 31.3. The third-order valence-corrected chi connectivity index (χ3v) is 8.56. The van der Waals surface area contributed by atoms with E-state index in [0.717, 1.165) is 17.2 Å². The van der Waals surface area contributed by atoms with Crippen LogP contribution in [0.25, 0.3) is 21.6 Å². The predicted molar refractivity (Wildman–Crippen MR) is 113 cm³/mol. The lowest BCUT2D eigenvalue weighted by Crippen LogP contribution is -2.33. The molecule has 8 N–H and O–H groups in total. The molecule has 0 spiro atoms. The Balaban J connectivity index is 1.91. The maximum absolute atomic E-state index is 12.1. The number of phosphoric ester groups is 2. The van der Waals surface area contributed by atoms with Gasteiger partial charge >= 0.3 is 31.3 Å². The number of fused-ring (bicyclic) bond motifs is 1. The van der Waals surface area contributed by atoms with Gasteiger partial charge in [-0.05, 0) is 5.53 Å². The summed E-state index contributed by atoms with van der Waals surface area (Å²) in [6, 6.07) is -1.69. The second kappa shape index (κ2) is 10.7. The Labute approximate surface area is 203 Å². The number of nitrogens with two attached hydrogens (primary N) is 1. The average molecular weight is 612 g/mol. The van der Waals surface area contributed by atoms with Gasteiger partial charge in [0.25, 0.3) is 0 Å². The van der Waals surface area contributed by atoms with Gasteiger partial charge in [0.05, 0.1) is 25.1 Å². The molecule has 0 bridgehead atoms. The van der Waals surface area contributed by atoms with Gasteiger partial charge in [-0.1, -0.05) is 5.11 Å². The van der Waals surface area contributed by atoms with E-state index in [0.29, 0.717) is 0 Å². The first-order valence-corrected chi connectivity index (χ1v) is 15.1. The van der Waals surface area contributed by atoms with Crippen molar-refractivity contribution in [2.24, 2.45) is 5.11 Å². The molecule has 0 aliphatic carbocycles. The van der Waals surface area contributed by atoms with E-state index in [9.17, 15) is 37.8 Å². The number of azide groups is 1. The minimum atomic E-state index is -5.84. The van der Waals surface area contributed by atoms with Crippen molar-refractivity contribution in [3.63, 3.8) is 0 Å². The monoisotopic (exact) mass is 612 g/mol. The molecule has 2 aromatic rings. The summed E-state index contributed by atoms with van der Waals surface area (Å²) in [5.74, 6) is -0.0787. The first-order valence-electron chi connectivity index (χ1n) is 9.06. The summed E-state index contributed by atoms with van der Waals surface area (Å²) in [6.07, 6.45) is -2.95. The molecule has 0 radical (unpaired) electrons. The highest BCUT2D eigenvalue weighted by Gasteiger charge is 2.50. The Morgan fingerprint density at radius 2 is 1.73 bits per heavy atom. The molecule has 3 heterocycles. The summed E-state index contributed by atoms with van der Waals surface area (Å²) >= 11 is 0.